The van der Waals surface area contributed by atoms with Gasteiger partial charge in [0.1, 0.15) is 5.82 Å². The van der Waals surface area contributed by atoms with Crippen LogP contribution in [0.1, 0.15) is 36.5 Å². The van der Waals surface area contributed by atoms with E-state index in [1.54, 1.807) is 4.90 Å². The Balaban J connectivity index is 1.92. The summed E-state index contributed by atoms with van der Waals surface area (Å²) in [5.74, 6) is -0.451. The SMILES string of the molecule is O=[N+]([O-])c1ccc(N(CCC(O)c2ccc(F)cc2)C2CCNCC2)c(C(F)(F)F)c1. The van der Waals surface area contributed by atoms with Gasteiger partial charge in [-0.3, -0.25) is 10.1 Å². The van der Waals surface area contributed by atoms with Crippen LogP contribution >= 0.6 is 0 Å². The predicted molar refractivity (Wildman–Crippen MR) is 107 cm³/mol. The molecule has 6 nitrogen and oxygen atoms in total. The Morgan fingerprint density at radius 2 is 1.81 bits per heavy atom. The number of benzene rings is 2. The number of rotatable bonds is 7. The zero-order valence-corrected chi connectivity index (χ0v) is 16.6. The molecular formula is C21H23F4N3O3. The maximum atomic E-state index is 13.8. The number of nitro benzene ring substituents is 1. The highest BCUT2D eigenvalue weighted by Crippen LogP contribution is 2.40. The highest BCUT2D eigenvalue weighted by molar-refractivity contribution is 5.60. The molecule has 1 atom stereocenters. The van der Waals surface area contributed by atoms with Gasteiger partial charge in [0.2, 0.25) is 0 Å². The molecule has 0 bridgehead atoms. The van der Waals surface area contributed by atoms with Gasteiger partial charge in [0.15, 0.2) is 0 Å². The minimum atomic E-state index is -4.78. The molecule has 0 aliphatic carbocycles. The Bertz CT molecular complexity index is 900. The first-order valence-electron chi connectivity index (χ1n) is 9.93. The number of piperidine rings is 1. The fourth-order valence-electron chi connectivity index (χ4n) is 3.85. The molecule has 168 valence electrons. The third-order valence-electron chi connectivity index (χ3n) is 5.45. The van der Waals surface area contributed by atoms with Crippen LogP contribution < -0.4 is 10.2 Å². The first kappa shape index (κ1) is 23.0. The molecule has 1 heterocycles. The van der Waals surface area contributed by atoms with Gasteiger partial charge in [-0.25, -0.2) is 4.39 Å². The zero-order valence-electron chi connectivity index (χ0n) is 16.6. The second kappa shape index (κ2) is 9.61. The van der Waals surface area contributed by atoms with Crippen LogP contribution in [0.4, 0.5) is 28.9 Å². The van der Waals surface area contributed by atoms with Gasteiger partial charge in [0, 0.05) is 30.4 Å². The zero-order chi connectivity index (χ0) is 22.6. The van der Waals surface area contributed by atoms with Crippen LogP contribution in [0.25, 0.3) is 0 Å². The number of aliphatic hydroxyl groups excluding tert-OH is 1. The summed E-state index contributed by atoms with van der Waals surface area (Å²) in [5.41, 5.74) is -1.38. The smallest absolute Gasteiger partial charge is 0.388 e. The molecule has 0 aromatic heterocycles. The van der Waals surface area contributed by atoms with Crippen LogP contribution in [0, 0.1) is 15.9 Å². The number of aliphatic hydroxyl groups is 1. The number of nitrogens with zero attached hydrogens (tertiary/aromatic N) is 2. The number of alkyl halides is 3. The Labute approximate surface area is 176 Å². The first-order valence-corrected chi connectivity index (χ1v) is 9.93. The summed E-state index contributed by atoms with van der Waals surface area (Å²) in [6.07, 6.45) is -4.45. The van der Waals surface area contributed by atoms with E-state index in [9.17, 15) is 32.8 Å². The van der Waals surface area contributed by atoms with Gasteiger partial charge >= 0.3 is 6.18 Å². The van der Waals surface area contributed by atoms with Crippen molar-refractivity contribution in [3.05, 3.63) is 69.5 Å². The molecule has 1 fully saturated rings. The largest absolute Gasteiger partial charge is 0.418 e. The lowest BCUT2D eigenvalue weighted by Crippen LogP contribution is -2.44. The number of hydrogen-bond donors (Lipinski definition) is 2. The summed E-state index contributed by atoms with van der Waals surface area (Å²) < 4.78 is 54.4. The van der Waals surface area contributed by atoms with Gasteiger partial charge in [-0.1, -0.05) is 12.1 Å². The molecule has 1 saturated heterocycles. The highest BCUT2D eigenvalue weighted by Gasteiger charge is 2.38. The van der Waals surface area contributed by atoms with Crippen molar-refractivity contribution in [2.24, 2.45) is 0 Å². The van der Waals surface area contributed by atoms with Crippen molar-refractivity contribution in [1.29, 1.82) is 0 Å². The van der Waals surface area contributed by atoms with E-state index in [0.29, 0.717) is 37.6 Å². The lowest BCUT2D eigenvalue weighted by Gasteiger charge is -2.38. The highest BCUT2D eigenvalue weighted by atomic mass is 19.4. The van der Waals surface area contributed by atoms with Gasteiger partial charge in [-0.2, -0.15) is 13.2 Å². The molecule has 3 rings (SSSR count). The molecule has 31 heavy (non-hydrogen) atoms. The normalized spacial score (nSPS) is 16.2. The second-order valence-electron chi connectivity index (χ2n) is 7.49. The topological polar surface area (TPSA) is 78.6 Å². The molecule has 2 N–H and O–H groups in total. The molecule has 0 saturated carbocycles. The average molecular weight is 441 g/mol. The molecule has 1 unspecified atom stereocenters. The van der Waals surface area contributed by atoms with Crippen molar-refractivity contribution in [1.82, 2.24) is 5.32 Å². The van der Waals surface area contributed by atoms with E-state index in [2.05, 4.69) is 5.32 Å². The fraction of sp³-hybridized carbons (Fsp3) is 0.429. The third kappa shape index (κ3) is 5.71. The Morgan fingerprint density at radius 1 is 1.16 bits per heavy atom. The Hall–Kier alpha value is -2.72. The van der Waals surface area contributed by atoms with Gasteiger partial charge in [-0.15, -0.1) is 0 Å². The number of nitrogens with one attached hydrogen (secondary N) is 1. The monoisotopic (exact) mass is 441 g/mol. The maximum absolute atomic E-state index is 13.8. The lowest BCUT2D eigenvalue weighted by molar-refractivity contribution is -0.385. The Kier molecular flexibility index (Phi) is 7.11. The summed E-state index contributed by atoms with van der Waals surface area (Å²) in [6, 6.07) is 7.82. The van der Waals surface area contributed by atoms with Crippen LogP contribution in [0.15, 0.2) is 42.5 Å². The maximum Gasteiger partial charge on any atom is 0.418 e. The summed E-state index contributed by atoms with van der Waals surface area (Å²) in [6.45, 7) is 1.37. The van der Waals surface area contributed by atoms with E-state index in [1.165, 1.54) is 24.3 Å². The number of halogens is 4. The van der Waals surface area contributed by atoms with Crippen molar-refractivity contribution >= 4 is 11.4 Å². The van der Waals surface area contributed by atoms with Crippen molar-refractivity contribution < 1.29 is 27.6 Å². The van der Waals surface area contributed by atoms with Crippen molar-refractivity contribution in [3.8, 4) is 0 Å². The van der Waals surface area contributed by atoms with E-state index in [1.807, 2.05) is 0 Å². The standard InChI is InChI=1S/C21H23F4N3O3/c22-15-3-1-14(2-4-15)20(29)9-12-27(16-7-10-26-11-8-16)19-6-5-17(28(30)31)13-18(19)21(23,24)25/h1-6,13,16,20,26,29H,7-12H2. The molecule has 0 radical (unpaired) electrons. The van der Waals surface area contributed by atoms with Crippen molar-refractivity contribution in [2.75, 3.05) is 24.5 Å². The fourth-order valence-corrected chi connectivity index (χ4v) is 3.85. The number of anilines is 1. The van der Waals surface area contributed by atoms with Crippen molar-refractivity contribution in [2.45, 2.75) is 37.6 Å². The summed E-state index contributed by atoms with van der Waals surface area (Å²) in [4.78, 5) is 11.7. The quantitative estimate of drug-likeness (QED) is 0.378. The van der Waals surface area contributed by atoms with Crippen LogP contribution in [-0.4, -0.2) is 35.7 Å². The van der Waals surface area contributed by atoms with Gasteiger partial charge in [-0.05, 0) is 56.1 Å². The molecule has 1 aliphatic heterocycles. The van der Waals surface area contributed by atoms with Crippen LogP contribution in [-0.2, 0) is 6.18 Å². The first-order chi connectivity index (χ1) is 14.7. The van der Waals surface area contributed by atoms with Gasteiger partial charge in [0.25, 0.3) is 5.69 Å². The van der Waals surface area contributed by atoms with E-state index in [-0.39, 0.29) is 24.7 Å². The van der Waals surface area contributed by atoms with E-state index >= 15 is 0 Å². The van der Waals surface area contributed by atoms with Crippen LogP contribution in [0.5, 0.6) is 0 Å². The predicted octanol–water partition coefficient (Wildman–Crippen LogP) is 4.43. The van der Waals surface area contributed by atoms with Gasteiger partial charge in [0.05, 0.1) is 16.6 Å². The van der Waals surface area contributed by atoms with E-state index in [4.69, 9.17) is 0 Å². The second-order valence-corrected chi connectivity index (χ2v) is 7.49. The number of hydrogen-bond acceptors (Lipinski definition) is 5. The molecule has 1 aliphatic rings. The van der Waals surface area contributed by atoms with E-state index in [0.717, 1.165) is 12.1 Å². The third-order valence-corrected chi connectivity index (χ3v) is 5.45. The molecule has 0 spiro atoms. The summed E-state index contributed by atoms with van der Waals surface area (Å²) in [5, 5.41) is 24.7. The van der Waals surface area contributed by atoms with Gasteiger partial charge < -0.3 is 15.3 Å². The minimum Gasteiger partial charge on any atom is -0.388 e. The summed E-state index contributed by atoms with van der Waals surface area (Å²) >= 11 is 0. The molecule has 0 amide bonds. The van der Waals surface area contributed by atoms with E-state index < -0.39 is 34.3 Å². The van der Waals surface area contributed by atoms with Crippen molar-refractivity contribution in [3.63, 3.8) is 0 Å². The molecule has 10 heteroatoms. The molecular weight excluding hydrogens is 418 g/mol. The average Bonchev–Trinajstić information content (AvgIpc) is 2.74. The van der Waals surface area contributed by atoms with Crippen LogP contribution in [0.3, 0.4) is 0 Å². The lowest BCUT2D eigenvalue weighted by atomic mass is 9.99. The molecule has 2 aromatic carbocycles. The number of non-ortho nitro benzene ring substituents is 1. The molecule has 2 aromatic rings. The van der Waals surface area contributed by atoms with Crippen LogP contribution in [0.2, 0.25) is 0 Å². The minimum absolute atomic E-state index is 0.101. The summed E-state index contributed by atoms with van der Waals surface area (Å²) in [7, 11) is 0. The Morgan fingerprint density at radius 3 is 2.39 bits per heavy atom. The number of nitro groups is 1.